The van der Waals surface area contributed by atoms with Crippen molar-refractivity contribution in [1.29, 1.82) is 0 Å². The predicted octanol–water partition coefficient (Wildman–Crippen LogP) is 2.87. The zero-order chi connectivity index (χ0) is 16.5. The van der Waals surface area contributed by atoms with E-state index >= 15 is 0 Å². The Morgan fingerprint density at radius 2 is 1.96 bits per heavy atom. The first kappa shape index (κ1) is 18.2. The van der Waals surface area contributed by atoms with Gasteiger partial charge in [0.1, 0.15) is 18.5 Å². The molecule has 3 N–H and O–H groups in total. The Balaban J connectivity index is 1.79. The van der Waals surface area contributed by atoms with E-state index in [1.165, 1.54) is 38.5 Å². The summed E-state index contributed by atoms with van der Waals surface area (Å²) in [6.45, 7) is 2.86. The van der Waals surface area contributed by atoms with E-state index in [1.54, 1.807) is 0 Å². The Morgan fingerprint density at radius 3 is 2.70 bits per heavy atom. The van der Waals surface area contributed by atoms with Crippen LogP contribution in [-0.4, -0.2) is 35.6 Å². The van der Waals surface area contributed by atoms with Gasteiger partial charge in [0.25, 0.3) is 0 Å². The molecule has 1 aromatic carbocycles. The van der Waals surface area contributed by atoms with Crippen LogP contribution in [0.2, 0.25) is 0 Å². The lowest BCUT2D eigenvalue weighted by Crippen LogP contribution is -2.29. The fraction of sp³-hybridized carbons (Fsp3) is 0.684. The van der Waals surface area contributed by atoms with Crippen LogP contribution in [-0.2, 0) is 6.54 Å². The van der Waals surface area contributed by atoms with E-state index in [4.69, 9.17) is 9.84 Å². The van der Waals surface area contributed by atoms with Crippen molar-refractivity contribution in [3.63, 3.8) is 0 Å². The van der Waals surface area contributed by atoms with Gasteiger partial charge in [-0.2, -0.15) is 0 Å². The monoisotopic (exact) mass is 321 g/mol. The molecule has 1 saturated carbocycles. The molecule has 0 amide bonds. The van der Waals surface area contributed by atoms with Crippen molar-refractivity contribution < 1.29 is 14.9 Å². The first-order valence-corrected chi connectivity index (χ1v) is 8.92. The standard InChI is InChI=1S/C19H31NO3/c1-15(11-16-7-3-2-4-8-16)20-12-17-9-5-6-10-19(17)23-14-18(22)13-21/h5-6,9-10,15-16,18,20-22H,2-4,7-8,11-14H2,1H3/t15-,18?/m0/s1. The zero-order valence-corrected chi connectivity index (χ0v) is 14.2. The van der Waals surface area contributed by atoms with Crippen molar-refractivity contribution in [2.24, 2.45) is 5.92 Å². The van der Waals surface area contributed by atoms with Gasteiger partial charge in [-0.1, -0.05) is 50.3 Å². The SMILES string of the molecule is C[C@@H](CC1CCCCC1)NCc1ccccc1OCC(O)CO. The molecule has 1 fully saturated rings. The van der Waals surface area contributed by atoms with Gasteiger partial charge in [-0.3, -0.25) is 0 Å². The van der Waals surface area contributed by atoms with Gasteiger partial charge in [0.05, 0.1) is 6.61 Å². The lowest BCUT2D eigenvalue weighted by Gasteiger charge is -2.25. The summed E-state index contributed by atoms with van der Waals surface area (Å²) in [6.07, 6.45) is 7.36. The van der Waals surface area contributed by atoms with E-state index in [0.29, 0.717) is 6.04 Å². The summed E-state index contributed by atoms with van der Waals surface area (Å²) in [5.41, 5.74) is 1.09. The number of aliphatic hydroxyl groups excluding tert-OH is 2. The van der Waals surface area contributed by atoms with Gasteiger partial charge in [-0.15, -0.1) is 0 Å². The van der Waals surface area contributed by atoms with Crippen LogP contribution in [0, 0.1) is 5.92 Å². The third-order valence-corrected chi connectivity index (χ3v) is 4.67. The topological polar surface area (TPSA) is 61.7 Å². The van der Waals surface area contributed by atoms with Gasteiger partial charge < -0.3 is 20.3 Å². The van der Waals surface area contributed by atoms with Gasteiger partial charge >= 0.3 is 0 Å². The minimum atomic E-state index is -0.832. The van der Waals surface area contributed by atoms with E-state index < -0.39 is 6.10 Å². The van der Waals surface area contributed by atoms with Crippen molar-refractivity contribution in [2.45, 2.75) is 64.1 Å². The molecule has 1 aromatic rings. The zero-order valence-electron chi connectivity index (χ0n) is 14.2. The predicted molar refractivity (Wildman–Crippen MR) is 92.5 cm³/mol. The molecule has 0 spiro atoms. The molecule has 0 heterocycles. The first-order chi connectivity index (χ1) is 11.2. The molecule has 0 bridgehead atoms. The number of ether oxygens (including phenoxy) is 1. The van der Waals surface area contributed by atoms with Gasteiger partial charge in [-0.05, 0) is 25.3 Å². The van der Waals surface area contributed by atoms with Crippen molar-refractivity contribution in [3.8, 4) is 5.75 Å². The van der Waals surface area contributed by atoms with Crippen LogP contribution in [0.5, 0.6) is 5.75 Å². The molecular weight excluding hydrogens is 290 g/mol. The average Bonchev–Trinajstić information content (AvgIpc) is 2.59. The van der Waals surface area contributed by atoms with E-state index in [1.807, 2.05) is 24.3 Å². The lowest BCUT2D eigenvalue weighted by molar-refractivity contribution is 0.0532. The highest BCUT2D eigenvalue weighted by Gasteiger charge is 2.16. The summed E-state index contributed by atoms with van der Waals surface area (Å²) in [4.78, 5) is 0. The fourth-order valence-electron chi connectivity index (χ4n) is 3.32. The molecule has 0 aliphatic heterocycles. The largest absolute Gasteiger partial charge is 0.490 e. The quantitative estimate of drug-likeness (QED) is 0.654. The number of para-hydroxylation sites is 1. The van der Waals surface area contributed by atoms with Crippen LogP contribution >= 0.6 is 0 Å². The third kappa shape index (κ3) is 6.50. The second kappa shape index (κ2) is 9.91. The molecule has 1 aliphatic rings. The summed E-state index contributed by atoms with van der Waals surface area (Å²) in [7, 11) is 0. The number of aliphatic hydroxyl groups is 2. The second-order valence-electron chi connectivity index (χ2n) is 6.78. The molecule has 23 heavy (non-hydrogen) atoms. The normalized spacial score (nSPS) is 18.6. The van der Waals surface area contributed by atoms with Crippen LogP contribution in [0.15, 0.2) is 24.3 Å². The Bertz CT molecular complexity index is 446. The Morgan fingerprint density at radius 1 is 1.22 bits per heavy atom. The van der Waals surface area contributed by atoms with Crippen LogP contribution in [0.4, 0.5) is 0 Å². The maximum atomic E-state index is 9.42. The summed E-state index contributed by atoms with van der Waals surface area (Å²) < 4.78 is 5.62. The minimum Gasteiger partial charge on any atom is -0.490 e. The number of hydrogen-bond donors (Lipinski definition) is 3. The number of hydrogen-bond acceptors (Lipinski definition) is 4. The van der Waals surface area contributed by atoms with Gasteiger partial charge in [-0.25, -0.2) is 0 Å². The van der Waals surface area contributed by atoms with E-state index in [-0.39, 0.29) is 13.2 Å². The van der Waals surface area contributed by atoms with Crippen LogP contribution in [0.25, 0.3) is 0 Å². The number of benzene rings is 1. The molecule has 4 heteroatoms. The van der Waals surface area contributed by atoms with Crippen LogP contribution < -0.4 is 10.1 Å². The van der Waals surface area contributed by atoms with Gasteiger partial charge in [0.2, 0.25) is 0 Å². The van der Waals surface area contributed by atoms with Crippen LogP contribution in [0.3, 0.4) is 0 Å². The molecule has 4 nitrogen and oxygen atoms in total. The van der Waals surface area contributed by atoms with Crippen molar-refractivity contribution in [3.05, 3.63) is 29.8 Å². The van der Waals surface area contributed by atoms with Crippen molar-refractivity contribution in [1.82, 2.24) is 5.32 Å². The van der Waals surface area contributed by atoms with Crippen LogP contribution in [0.1, 0.15) is 51.0 Å². The molecule has 0 saturated heterocycles. The maximum absolute atomic E-state index is 9.42. The Labute approximate surface area is 139 Å². The second-order valence-corrected chi connectivity index (χ2v) is 6.78. The lowest BCUT2D eigenvalue weighted by atomic mass is 9.85. The van der Waals surface area contributed by atoms with Gasteiger partial charge in [0, 0.05) is 18.2 Å². The molecule has 1 unspecified atom stereocenters. The molecule has 130 valence electrons. The minimum absolute atomic E-state index is 0.116. The highest BCUT2D eigenvalue weighted by molar-refractivity contribution is 5.33. The maximum Gasteiger partial charge on any atom is 0.123 e. The third-order valence-electron chi connectivity index (χ3n) is 4.67. The highest BCUT2D eigenvalue weighted by Crippen LogP contribution is 2.27. The molecule has 2 rings (SSSR count). The molecule has 0 radical (unpaired) electrons. The van der Waals surface area contributed by atoms with E-state index in [9.17, 15) is 5.11 Å². The van der Waals surface area contributed by atoms with E-state index in [2.05, 4.69) is 12.2 Å². The molecule has 2 atom stereocenters. The van der Waals surface area contributed by atoms with E-state index in [0.717, 1.165) is 23.8 Å². The summed E-state index contributed by atoms with van der Waals surface area (Å²) in [5, 5.41) is 21.9. The molecular formula is C19H31NO3. The van der Waals surface area contributed by atoms with Crippen molar-refractivity contribution in [2.75, 3.05) is 13.2 Å². The molecule has 0 aromatic heterocycles. The Hall–Kier alpha value is -1.10. The summed E-state index contributed by atoms with van der Waals surface area (Å²) >= 11 is 0. The fourth-order valence-corrected chi connectivity index (χ4v) is 3.32. The average molecular weight is 321 g/mol. The van der Waals surface area contributed by atoms with Crippen molar-refractivity contribution >= 4 is 0 Å². The number of nitrogens with one attached hydrogen (secondary N) is 1. The number of rotatable bonds is 9. The Kier molecular flexibility index (Phi) is 7.86. The summed E-state index contributed by atoms with van der Waals surface area (Å²) in [6, 6.07) is 8.37. The summed E-state index contributed by atoms with van der Waals surface area (Å²) in [5.74, 6) is 1.65. The molecule has 1 aliphatic carbocycles. The van der Waals surface area contributed by atoms with Gasteiger partial charge in [0.15, 0.2) is 0 Å². The smallest absolute Gasteiger partial charge is 0.123 e. The highest BCUT2D eigenvalue weighted by atomic mass is 16.5. The first-order valence-electron chi connectivity index (χ1n) is 8.92.